The zero-order valence-electron chi connectivity index (χ0n) is 13.0. The van der Waals surface area contributed by atoms with Crippen molar-refractivity contribution in [2.45, 2.75) is 38.6 Å². The summed E-state index contributed by atoms with van der Waals surface area (Å²) in [6.45, 7) is 5.93. The Bertz CT molecular complexity index is 450. The number of rotatable bonds is 5. The molecule has 1 aliphatic heterocycles. The van der Waals surface area contributed by atoms with Gasteiger partial charge in [-0.05, 0) is 69.9 Å². The molecule has 0 bridgehead atoms. The highest BCUT2D eigenvalue weighted by molar-refractivity contribution is 6.42. The van der Waals surface area contributed by atoms with E-state index in [1.54, 1.807) is 0 Å². The molecule has 0 amide bonds. The van der Waals surface area contributed by atoms with E-state index in [2.05, 4.69) is 23.2 Å². The molecule has 1 saturated heterocycles. The smallest absolute Gasteiger partial charge is 0.0640 e. The maximum Gasteiger partial charge on any atom is 0.0640 e. The van der Waals surface area contributed by atoms with Crippen LogP contribution in [0.2, 0.25) is 10.0 Å². The van der Waals surface area contributed by atoms with Crippen LogP contribution in [0, 0.1) is 5.92 Å². The minimum absolute atomic E-state index is 0.261. The summed E-state index contributed by atoms with van der Waals surface area (Å²) in [6, 6.07) is 6.15. The van der Waals surface area contributed by atoms with Crippen LogP contribution in [0.3, 0.4) is 0 Å². The van der Waals surface area contributed by atoms with Gasteiger partial charge in [0.05, 0.1) is 10.0 Å². The molecule has 2 unspecified atom stereocenters. The van der Waals surface area contributed by atoms with Crippen molar-refractivity contribution in [2.24, 2.45) is 5.92 Å². The van der Waals surface area contributed by atoms with E-state index in [-0.39, 0.29) is 6.04 Å². The molecule has 2 atom stereocenters. The van der Waals surface area contributed by atoms with Gasteiger partial charge in [0, 0.05) is 6.04 Å². The Morgan fingerprint density at radius 1 is 1.29 bits per heavy atom. The molecule has 0 aliphatic carbocycles. The summed E-state index contributed by atoms with van der Waals surface area (Å²) >= 11 is 12.5. The van der Waals surface area contributed by atoms with Gasteiger partial charge >= 0.3 is 0 Å². The van der Waals surface area contributed by atoms with Crippen molar-refractivity contribution in [2.75, 3.05) is 26.7 Å². The normalized spacial score (nSPS) is 22.0. The molecule has 0 saturated carbocycles. The molecule has 1 fully saturated rings. The predicted molar refractivity (Wildman–Crippen MR) is 92.3 cm³/mol. The summed E-state index contributed by atoms with van der Waals surface area (Å²) in [5.74, 6) is 0.873. The fourth-order valence-corrected chi connectivity index (χ4v) is 3.54. The lowest BCUT2D eigenvalue weighted by Gasteiger charge is -2.24. The summed E-state index contributed by atoms with van der Waals surface area (Å²) in [5.41, 5.74) is 1.11. The van der Waals surface area contributed by atoms with Gasteiger partial charge in [0.25, 0.3) is 0 Å². The Hall–Kier alpha value is -0.280. The van der Waals surface area contributed by atoms with E-state index in [1.807, 2.05) is 19.2 Å². The van der Waals surface area contributed by atoms with Crippen molar-refractivity contribution in [3.8, 4) is 0 Å². The van der Waals surface area contributed by atoms with Crippen LogP contribution in [-0.2, 0) is 0 Å². The van der Waals surface area contributed by atoms with E-state index in [9.17, 15) is 0 Å². The Morgan fingerprint density at radius 3 is 2.86 bits per heavy atom. The summed E-state index contributed by atoms with van der Waals surface area (Å²) in [6.07, 6.45) is 5.07. The van der Waals surface area contributed by atoms with Crippen molar-refractivity contribution in [3.63, 3.8) is 0 Å². The maximum absolute atomic E-state index is 6.35. The van der Waals surface area contributed by atoms with Crippen LogP contribution in [0.5, 0.6) is 0 Å². The molecule has 2 nitrogen and oxygen atoms in total. The second-order valence-corrected chi connectivity index (χ2v) is 6.94. The summed E-state index contributed by atoms with van der Waals surface area (Å²) in [4.78, 5) is 2.59. The molecule has 0 aromatic heterocycles. The van der Waals surface area contributed by atoms with E-state index in [4.69, 9.17) is 23.2 Å². The van der Waals surface area contributed by atoms with Gasteiger partial charge in [-0.3, -0.25) is 0 Å². The first-order chi connectivity index (χ1) is 10.1. The van der Waals surface area contributed by atoms with Gasteiger partial charge in [0.1, 0.15) is 0 Å². The number of nitrogens with one attached hydrogen (secondary N) is 1. The van der Waals surface area contributed by atoms with Crippen molar-refractivity contribution < 1.29 is 0 Å². The lowest BCUT2D eigenvalue weighted by atomic mass is 10.0. The third-order valence-electron chi connectivity index (χ3n) is 4.55. The van der Waals surface area contributed by atoms with Gasteiger partial charge in [0.15, 0.2) is 0 Å². The van der Waals surface area contributed by atoms with Crippen LogP contribution in [0.1, 0.15) is 44.2 Å². The first-order valence-corrected chi connectivity index (χ1v) is 8.71. The summed E-state index contributed by atoms with van der Waals surface area (Å²) in [5, 5.41) is 4.70. The van der Waals surface area contributed by atoms with Gasteiger partial charge in [-0.25, -0.2) is 0 Å². The monoisotopic (exact) mass is 328 g/mol. The third-order valence-corrected chi connectivity index (χ3v) is 5.38. The lowest BCUT2D eigenvalue weighted by molar-refractivity contribution is 0.265. The van der Waals surface area contributed by atoms with Gasteiger partial charge in [-0.2, -0.15) is 0 Å². The van der Waals surface area contributed by atoms with Gasteiger partial charge in [-0.15, -0.1) is 0 Å². The van der Waals surface area contributed by atoms with Crippen LogP contribution < -0.4 is 5.32 Å². The topological polar surface area (TPSA) is 15.3 Å². The second-order valence-electron chi connectivity index (χ2n) is 6.15. The number of halogens is 2. The zero-order chi connectivity index (χ0) is 15.2. The Morgan fingerprint density at radius 2 is 2.10 bits per heavy atom. The van der Waals surface area contributed by atoms with Crippen molar-refractivity contribution in [3.05, 3.63) is 33.8 Å². The van der Waals surface area contributed by atoms with E-state index in [0.29, 0.717) is 10.0 Å². The predicted octanol–water partition coefficient (Wildman–Crippen LogP) is 4.77. The van der Waals surface area contributed by atoms with Gasteiger partial charge < -0.3 is 10.2 Å². The molecule has 0 radical (unpaired) electrons. The molecule has 1 aliphatic rings. The Balaban J connectivity index is 1.94. The number of hydrogen-bond acceptors (Lipinski definition) is 2. The van der Waals surface area contributed by atoms with E-state index < -0.39 is 0 Å². The fraction of sp³-hybridized carbons (Fsp3) is 0.647. The first kappa shape index (κ1) is 17.1. The average Bonchev–Trinajstić information content (AvgIpc) is 2.68. The highest BCUT2D eigenvalue weighted by Gasteiger charge is 2.18. The summed E-state index contributed by atoms with van der Waals surface area (Å²) < 4.78 is 0. The molecular weight excluding hydrogens is 303 g/mol. The highest BCUT2D eigenvalue weighted by Crippen LogP contribution is 2.31. The molecule has 21 heavy (non-hydrogen) atoms. The van der Waals surface area contributed by atoms with Gasteiger partial charge in [-0.1, -0.05) is 42.3 Å². The second kappa shape index (κ2) is 8.38. The molecule has 1 aromatic carbocycles. The quantitative estimate of drug-likeness (QED) is 0.837. The number of likely N-dealkylation sites (tertiary alicyclic amines) is 1. The summed E-state index contributed by atoms with van der Waals surface area (Å²) in [7, 11) is 1.99. The molecular formula is C17H26Cl2N2. The van der Waals surface area contributed by atoms with Crippen LogP contribution in [0.4, 0.5) is 0 Å². The molecule has 2 rings (SSSR count). The van der Waals surface area contributed by atoms with Crippen LogP contribution in [0.25, 0.3) is 0 Å². The van der Waals surface area contributed by atoms with Crippen molar-refractivity contribution in [1.82, 2.24) is 10.2 Å². The lowest BCUT2D eigenvalue weighted by Crippen LogP contribution is -2.29. The van der Waals surface area contributed by atoms with Gasteiger partial charge in [0.2, 0.25) is 0 Å². The standard InChI is InChI=1S/C17H26Cl2N2/c1-13-5-4-10-21(11-8-13)12-9-16(20-2)14-6-3-7-15(18)17(14)19/h3,6-7,13,16,20H,4-5,8-12H2,1-2H3. The van der Waals surface area contributed by atoms with Crippen LogP contribution in [0.15, 0.2) is 18.2 Å². The molecule has 0 spiro atoms. The maximum atomic E-state index is 6.35. The van der Waals surface area contributed by atoms with E-state index in [0.717, 1.165) is 24.4 Å². The molecule has 118 valence electrons. The fourth-order valence-electron chi connectivity index (χ4n) is 3.10. The number of nitrogens with zero attached hydrogens (tertiary/aromatic N) is 1. The highest BCUT2D eigenvalue weighted by atomic mass is 35.5. The number of benzene rings is 1. The minimum atomic E-state index is 0.261. The van der Waals surface area contributed by atoms with Crippen molar-refractivity contribution >= 4 is 23.2 Å². The SMILES string of the molecule is CNC(CCN1CCCC(C)CC1)c1cccc(Cl)c1Cl. The average molecular weight is 329 g/mol. The molecule has 4 heteroatoms. The molecule has 1 heterocycles. The Labute approximate surface area is 138 Å². The van der Waals surface area contributed by atoms with E-state index in [1.165, 1.54) is 32.4 Å². The minimum Gasteiger partial charge on any atom is -0.313 e. The first-order valence-electron chi connectivity index (χ1n) is 7.95. The van der Waals surface area contributed by atoms with E-state index >= 15 is 0 Å². The zero-order valence-corrected chi connectivity index (χ0v) is 14.6. The molecule has 1 N–H and O–H groups in total. The van der Waals surface area contributed by atoms with Crippen LogP contribution in [-0.4, -0.2) is 31.6 Å². The van der Waals surface area contributed by atoms with Crippen molar-refractivity contribution in [1.29, 1.82) is 0 Å². The molecule has 1 aromatic rings. The number of hydrogen-bond donors (Lipinski definition) is 1. The third kappa shape index (κ3) is 4.85. The Kier molecular flexibility index (Phi) is 6.81. The largest absolute Gasteiger partial charge is 0.313 e. The van der Waals surface area contributed by atoms with Crippen LogP contribution >= 0.6 is 23.2 Å².